The molecule has 0 radical (unpaired) electrons. The van der Waals surface area contributed by atoms with E-state index in [1.807, 2.05) is 18.3 Å². The molecule has 1 rings (SSSR count). The van der Waals surface area contributed by atoms with Crippen molar-refractivity contribution in [2.24, 2.45) is 11.7 Å². The molecule has 0 aliphatic carbocycles. The molecule has 0 aliphatic rings. The van der Waals surface area contributed by atoms with Crippen LogP contribution in [-0.2, 0) is 6.42 Å². The standard InChI is InChI=1S/C12H21N3/c1-2-11(9-13)10-14-8-6-12-5-3-4-7-15-12/h3-5,7,11,14H,2,6,8-10,13H2,1H3. The molecule has 1 heterocycles. The predicted octanol–water partition coefficient (Wildman–Crippen LogP) is 1.20. The summed E-state index contributed by atoms with van der Waals surface area (Å²) < 4.78 is 0. The molecule has 1 aromatic rings. The third kappa shape index (κ3) is 4.91. The van der Waals surface area contributed by atoms with Crippen molar-refractivity contribution in [2.75, 3.05) is 19.6 Å². The molecular formula is C12H21N3. The third-order valence-corrected chi connectivity index (χ3v) is 2.63. The third-order valence-electron chi connectivity index (χ3n) is 2.63. The minimum absolute atomic E-state index is 0.605. The fourth-order valence-electron chi connectivity index (χ4n) is 1.46. The van der Waals surface area contributed by atoms with Crippen LogP contribution in [0, 0.1) is 5.92 Å². The lowest BCUT2D eigenvalue weighted by Crippen LogP contribution is -2.29. The molecule has 0 spiro atoms. The number of nitrogens with one attached hydrogen (secondary N) is 1. The average Bonchev–Trinajstić information content (AvgIpc) is 2.31. The van der Waals surface area contributed by atoms with Crippen molar-refractivity contribution in [3.8, 4) is 0 Å². The van der Waals surface area contributed by atoms with Crippen LogP contribution in [0.25, 0.3) is 0 Å². The lowest BCUT2D eigenvalue weighted by atomic mass is 10.1. The number of pyridine rings is 1. The summed E-state index contributed by atoms with van der Waals surface area (Å²) in [4.78, 5) is 4.27. The van der Waals surface area contributed by atoms with Crippen LogP contribution in [0.4, 0.5) is 0 Å². The van der Waals surface area contributed by atoms with E-state index in [1.54, 1.807) is 0 Å². The van der Waals surface area contributed by atoms with Crippen molar-refractivity contribution >= 4 is 0 Å². The highest BCUT2D eigenvalue weighted by Gasteiger charge is 2.02. The maximum Gasteiger partial charge on any atom is 0.0416 e. The van der Waals surface area contributed by atoms with Crippen LogP contribution < -0.4 is 11.1 Å². The minimum Gasteiger partial charge on any atom is -0.330 e. The van der Waals surface area contributed by atoms with Gasteiger partial charge in [0.05, 0.1) is 0 Å². The van der Waals surface area contributed by atoms with Crippen molar-refractivity contribution in [3.63, 3.8) is 0 Å². The molecule has 0 aliphatic heterocycles. The van der Waals surface area contributed by atoms with E-state index in [9.17, 15) is 0 Å². The first kappa shape index (κ1) is 12.1. The van der Waals surface area contributed by atoms with Gasteiger partial charge in [-0.3, -0.25) is 4.98 Å². The van der Waals surface area contributed by atoms with Crippen molar-refractivity contribution in [3.05, 3.63) is 30.1 Å². The van der Waals surface area contributed by atoms with Gasteiger partial charge in [-0.1, -0.05) is 19.4 Å². The largest absolute Gasteiger partial charge is 0.330 e. The number of rotatable bonds is 7. The summed E-state index contributed by atoms with van der Waals surface area (Å²) in [6.07, 6.45) is 3.97. The monoisotopic (exact) mass is 207 g/mol. The Labute approximate surface area is 92.1 Å². The normalized spacial score (nSPS) is 12.7. The highest BCUT2D eigenvalue weighted by molar-refractivity contribution is 5.03. The Balaban J connectivity index is 2.12. The first-order valence-corrected chi connectivity index (χ1v) is 5.67. The van der Waals surface area contributed by atoms with E-state index >= 15 is 0 Å². The molecule has 84 valence electrons. The Morgan fingerprint density at radius 2 is 2.33 bits per heavy atom. The lowest BCUT2D eigenvalue weighted by Gasteiger charge is -2.12. The zero-order chi connectivity index (χ0) is 10.9. The predicted molar refractivity (Wildman–Crippen MR) is 63.6 cm³/mol. The number of hydrogen-bond acceptors (Lipinski definition) is 3. The molecule has 3 nitrogen and oxygen atoms in total. The topological polar surface area (TPSA) is 50.9 Å². The van der Waals surface area contributed by atoms with Crippen LogP contribution in [0.2, 0.25) is 0 Å². The number of aromatic nitrogens is 1. The zero-order valence-electron chi connectivity index (χ0n) is 9.45. The number of hydrogen-bond donors (Lipinski definition) is 2. The first-order valence-electron chi connectivity index (χ1n) is 5.67. The maximum atomic E-state index is 5.62. The molecule has 3 N–H and O–H groups in total. The van der Waals surface area contributed by atoms with Crippen LogP contribution >= 0.6 is 0 Å². The molecule has 1 unspecified atom stereocenters. The quantitative estimate of drug-likeness (QED) is 0.661. The fourth-order valence-corrected chi connectivity index (χ4v) is 1.46. The van der Waals surface area contributed by atoms with Crippen LogP contribution in [0.3, 0.4) is 0 Å². The maximum absolute atomic E-state index is 5.62. The molecule has 0 saturated heterocycles. The summed E-state index contributed by atoms with van der Waals surface area (Å²) in [6, 6.07) is 6.03. The zero-order valence-corrected chi connectivity index (χ0v) is 9.45. The molecular weight excluding hydrogens is 186 g/mol. The SMILES string of the molecule is CCC(CN)CNCCc1ccccn1. The summed E-state index contributed by atoms with van der Waals surface area (Å²) >= 11 is 0. The molecule has 0 bridgehead atoms. The van der Waals surface area contributed by atoms with Gasteiger partial charge in [0.25, 0.3) is 0 Å². The van der Waals surface area contributed by atoms with Gasteiger partial charge in [-0.15, -0.1) is 0 Å². The fraction of sp³-hybridized carbons (Fsp3) is 0.583. The van der Waals surface area contributed by atoms with Crippen LogP contribution in [0.15, 0.2) is 24.4 Å². The molecule has 1 atom stereocenters. The molecule has 0 saturated carbocycles. The van der Waals surface area contributed by atoms with E-state index in [1.165, 1.54) is 0 Å². The molecule has 0 fully saturated rings. The van der Waals surface area contributed by atoms with Gasteiger partial charge in [-0.25, -0.2) is 0 Å². The van der Waals surface area contributed by atoms with E-state index in [0.717, 1.165) is 38.2 Å². The van der Waals surface area contributed by atoms with Gasteiger partial charge >= 0.3 is 0 Å². The van der Waals surface area contributed by atoms with Gasteiger partial charge < -0.3 is 11.1 Å². The van der Waals surface area contributed by atoms with E-state index in [0.29, 0.717) is 5.92 Å². The van der Waals surface area contributed by atoms with Crippen molar-refractivity contribution in [1.29, 1.82) is 0 Å². The Bertz CT molecular complexity index is 244. The summed E-state index contributed by atoms with van der Waals surface area (Å²) in [5, 5.41) is 3.42. The van der Waals surface area contributed by atoms with Crippen LogP contribution in [0.1, 0.15) is 19.0 Å². The molecule has 1 aromatic heterocycles. The van der Waals surface area contributed by atoms with Gasteiger partial charge in [0.15, 0.2) is 0 Å². The Hall–Kier alpha value is -0.930. The van der Waals surface area contributed by atoms with Crippen LogP contribution in [0.5, 0.6) is 0 Å². The van der Waals surface area contributed by atoms with E-state index in [4.69, 9.17) is 5.73 Å². The second kappa shape index (κ2) is 7.37. The van der Waals surface area contributed by atoms with Crippen molar-refractivity contribution in [1.82, 2.24) is 10.3 Å². The summed E-state index contributed by atoms with van der Waals surface area (Å²) in [7, 11) is 0. The minimum atomic E-state index is 0.605. The summed E-state index contributed by atoms with van der Waals surface area (Å²) in [6.45, 7) is 4.94. The number of nitrogens with zero attached hydrogens (tertiary/aromatic N) is 1. The smallest absolute Gasteiger partial charge is 0.0416 e. The van der Waals surface area contributed by atoms with Gasteiger partial charge in [-0.05, 0) is 31.1 Å². The summed E-state index contributed by atoms with van der Waals surface area (Å²) in [5.41, 5.74) is 6.77. The van der Waals surface area contributed by atoms with E-state index in [-0.39, 0.29) is 0 Å². The van der Waals surface area contributed by atoms with E-state index in [2.05, 4.69) is 23.3 Å². The molecule has 0 amide bonds. The van der Waals surface area contributed by atoms with Gasteiger partial charge in [0, 0.05) is 24.9 Å². The van der Waals surface area contributed by atoms with Crippen molar-refractivity contribution in [2.45, 2.75) is 19.8 Å². The summed E-state index contributed by atoms with van der Waals surface area (Å²) in [5.74, 6) is 0.605. The Morgan fingerprint density at radius 3 is 2.93 bits per heavy atom. The second-order valence-electron chi connectivity index (χ2n) is 3.79. The highest BCUT2D eigenvalue weighted by atomic mass is 14.9. The van der Waals surface area contributed by atoms with Gasteiger partial charge in [0.1, 0.15) is 0 Å². The Morgan fingerprint density at radius 1 is 1.47 bits per heavy atom. The second-order valence-corrected chi connectivity index (χ2v) is 3.79. The molecule has 0 aromatic carbocycles. The number of nitrogens with two attached hydrogens (primary N) is 1. The molecule has 15 heavy (non-hydrogen) atoms. The lowest BCUT2D eigenvalue weighted by molar-refractivity contribution is 0.473. The van der Waals surface area contributed by atoms with Crippen LogP contribution in [-0.4, -0.2) is 24.6 Å². The highest BCUT2D eigenvalue weighted by Crippen LogP contribution is 1.97. The first-order chi connectivity index (χ1) is 7.36. The molecule has 3 heteroatoms. The van der Waals surface area contributed by atoms with Gasteiger partial charge in [-0.2, -0.15) is 0 Å². The van der Waals surface area contributed by atoms with E-state index < -0.39 is 0 Å². The van der Waals surface area contributed by atoms with Gasteiger partial charge in [0.2, 0.25) is 0 Å². The average molecular weight is 207 g/mol. The Kier molecular flexibility index (Phi) is 5.97. The van der Waals surface area contributed by atoms with Crippen molar-refractivity contribution < 1.29 is 0 Å².